The van der Waals surface area contributed by atoms with Crippen LogP contribution in [0.3, 0.4) is 0 Å². The number of carbonyl (C=O) groups is 1. The molecule has 0 bridgehead atoms. The second-order valence-electron chi connectivity index (χ2n) is 5.32. The first kappa shape index (κ1) is 14.1. The number of hydrogen-bond donors (Lipinski definition) is 2. The minimum Gasteiger partial charge on any atom is -0.389 e. The summed E-state index contributed by atoms with van der Waals surface area (Å²) in [6, 6.07) is 4.02. The molecule has 1 aliphatic heterocycles. The fourth-order valence-corrected chi connectivity index (χ4v) is 2.32. The highest BCUT2D eigenvalue weighted by atomic mass is 16.5. The predicted octanol–water partition coefficient (Wildman–Crippen LogP) is 0.881. The van der Waals surface area contributed by atoms with Crippen LogP contribution >= 0.6 is 0 Å². The van der Waals surface area contributed by atoms with Gasteiger partial charge in [-0.2, -0.15) is 0 Å². The molecule has 19 heavy (non-hydrogen) atoms. The Labute approximate surface area is 113 Å². The lowest BCUT2D eigenvalue weighted by Gasteiger charge is -2.31. The summed E-state index contributed by atoms with van der Waals surface area (Å²) >= 11 is 0. The average Bonchev–Trinajstić information content (AvgIpc) is 2.68. The maximum atomic E-state index is 11.9. The van der Waals surface area contributed by atoms with Gasteiger partial charge in [-0.05, 0) is 19.1 Å². The van der Waals surface area contributed by atoms with Crippen molar-refractivity contribution in [2.45, 2.75) is 38.3 Å². The maximum Gasteiger partial charge on any atom is 0.223 e. The summed E-state index contributed by atoms with van der Waals surface area (Å²) in [4.78, 5) is 11.9. The van der Waals surface area contributed by atoms with E-state index in [2.05, 4.69) is 5.32 Å². The normalized spacial score (nSPS) is 18.3. The van der Waals surface area contributed by atoms with Gasteiger partial charge >= 0.3 is 0 Å². The number of rotatable bonds is 4. The standard InChI is InChI=1S/C14H22N2O3/c1-11-3-4-12(16(11)2)10-15-13(17)9-14(18)5-7-19-8-6-14/h3-4,18H,5-10H2,1-2H3,(H,15,17). The number of aromatic nitrogens is 1. The minimum absolute atomic E-state index is 0.108. The van der Waals surface area contributed by atoms with Crippen LogP contribution < -0.4 is 5.32 Å². The smallest absolute Gasteiger partial charge is 0.223 e. The van der Waals surface area contributed by atoms with Crippen LogP contribution in [0.2, 0.25) is 0 Å². The SMILES string of the molecule is Cc1ccc(CNC(=O)CC2(O)CCOCC2)n1C. The van der Waals surface area contributed by atoms with Crippen molar-refractivity contribution in [1.29, 1.82) is 0 Å². The molecular weight excluding hydrogens is 244 g/mol. The zero-order chi connectivity index (χ0) is 13.9. The van der Waals surface area contributed by atoms with Crippen LogP contribution in [0.4, 0.5) is 0 Å². The third kappa shape index (κ3) is 3.58. The van der Waals surface area contributed by atoms with E-state index in [4.69, 9.17) is 4.74 Å². The van der Waals surface area contributed by atoms with Gasteiger partial charge in [0.15, 0.2) is 0 Å². The number of amides is 1. The van der Waals surface area contributed by atoms with Crippen molar-refractivity contribution in [3.05, 3.63) is 23.5 Å². The molecule has 1 aromatic rings. The van der Waals surface area contributed by atoms with E-state index in [1.807, 2.05) is 30.7 Å². The molecule has 2 N–H and O–H groups in total. The fourth-order valence-electron chi connectivity index (χ4n) is 2.32. The number of carbonyl (C=O) groups excluding carboxylic acids is 1. The minimum atomic E-state index is -0.896. The van der Waals surface area contributed by atoms with Crippen LogP contribution in [0.1, 0.15) is 30.7 Å². The van der Waals surface area contributed by atoms with Gasteiger partial charge in [-0.25, -0.2) is 0 Å². The molecule has 0 spiro atoms. The summed E-state index contributed by atoms with van der Waals surface area (Å²) in [7, 11) is 1.98. The predicted molar refractivity (Wildman–Crippen MR) is 71.6 cm³/mol. The van der Waals surface area contributed by atoms with Gasteiger partial charge in [0.05, 0.1) is 18.6 Å². The van der Waals surface area contributed by atoms with E-state index in [1.54, 1.807) is 0 Å². The van der Waals surface area contributed by atoms with Gasteiger partial charge in [0.1, 0.15) is 0 Å². The Kier molecular flexibility index (Phi) is 4.27. The van der Waals surface area contributed by atoms with Crippen molar-refractivity contribution in [2.75, 3.05) is 13.2 Å². The molecule has 1 aromatic heterocycles. The molecule has 5 nitrogen and oxygen atoms in total. The second kappa shape index (κ2) is 5.75. The molecule has 1 amide bonds. The van der Waals surface area contributed by atoms with Crippen LogP contribution in [-0.4, -0.2) is 34.4 Å². The highest BCUT2D eigenvalue weighted by molar-refractivity contribution is 5.77. The van der Waals surface area contributed by atoms with Crippen molar-refractivity contribution in [3.63, 3.8) is 0 Å². The van der Waals surface area contributed by atoms with E-state index >= 15 is 0 Å². The number of nitrogens with one attached hydrogen (secondary N) is 1. The third-order valence-corrected chi connectivity index (χ3v) is 3.86. The Hall–Kier alpha value is -1.33. The van der Waals surface area contributed by atoms with Crippen molar-refractivity contribution in [2.24, 2.45) is 7.05 Å². The number of aryl methyl sites for hydroxylation is 1. The van der Waals surface area contributed by atoms with Gasteiger partial charge in [0.2, 0.25) is 5.91 Å². The van der Waals surface area contributed by atoms with Crippen LogP contribution in [0, 0.1) is 6.92 Å². The van der Waals surface area contributed by atoms with Crippen LogP contribution in [-0.2, 0) is 23.1 Å². The molecule has 0 saturated carbocycles. The largest absolute Gasteiger partial charge is 0.389 e. The fraction of sp³-hybridized carbons (Fsp3) is 0.643. The first-order chi connectivity index (χ1) is 9.00. The Morgan fingerprint density at radius 3 is 2.74 bits per heavy atom. The molecule has 0 atom stereocenters. The molecule has 5 heteroatoms. The van der Waals surface area contributed by atoms with E-state index in [9.17, 15) is 9.90 Å². The van der Waals surface area contributed by atoms with Gasteiger partial charge in [-0.15, -0.1) is 0 Å². The van der Waals surface area contributed by atoms with Gasteiger partial charge < -0.3 is 19.7 Å². The Morgan fingerprint density at radius 1 is 1.47 bits per heavy atom. The summed E-state index contributed by atoms with van der Waals surface area (Å²) in [5.41, 5.74) is 1.32. The summed E-state index contributed by atoms with van der Waals surface area (Å²) in [6.45, 7) is 3.58. The third-order valence-electron chi connectivity index (χ3n) is 3.86. The maximum absolute atomic E-state index is 11.9. The van der Waals surface area contributed by atoms with E-state index in [1.165, 1.54) is 0 Å². The highest BCUT2D eigenvalue weighted by Gasteiger charge is 2.32. The summed E-state index contributed by atoms with van der Waals surface area (Å²) in [5.74, 6) is -0.108. The summed E-state index contributed by atoms with van der Waals surface area (Å²) < 4.78 is 7.24. The van der Waals surface area contributed by atoms with Gasteiger partial charge in [0.25, 0.3) is 0 Å². The topological polar surface area (TPSA) is 63.5 Å². The van der Waals surface area contributed by atoms with Crippen LogP contribution in [0.15, 0.2) is 12.1 Å². The molecule has 0 unspecified atom stereocenters. The second-order valence-corrected chi connectivity index (χ2v) is 5.32. The first-order valence-corrected chi connectivity index (χ1v) is 6.68. The van der Waals surface area contributed by atoms with Crippen molar-refractivity contribution in [1.82, 2.24) is 9.88 Å². The number of hydrogen-bond acceptors (Lipinski definition) is 3. The van der Waals surface area contributed by atoms with Crippen molar-refractivity contribution >= 4 is 5.91 Å². The molecule has 0 aliphatic carbocycles. The zero-order valence-electron chi connectivity index (χ0n) is 11.6. The monoisotopic (exact) mass is 266 g/mol. The molecule has 2 heterocycles. The quantitative estimate of drug-likeness (QED) is 0.850. The Morgan fingerprint density at radius 2 is 2.16 bits per heavy atom. The van der Waals surface area contributed by atoms with E-state index in [0.717, 1.165) is 11.4 Å². The van der Waals surface area contributed by atoms with Gasteiger partial charge in [0, 0.05) is 44.5 Å². The zero-order valence-corrected chi connectivity index (χ0v) is 11.6. The van der Waals surface area contributed by atoms with Crippen molar-refractivity contribution < 1.29 is 14.6 Å². The Balaban J connectivity index is 1.83. The van der Waals surface area contributed by atoms with Gasteiger partial charge in [-0.3, -0.25) is 4.79 Å². The molecule has 2 rings (SSSR count). The highest BCUT2D eigenvalue weighted by Crippen LogP contribution is 2.23. The average molecular weight is 266 g/mol. The molecule has 1 saturated heterocycles. The molecule has 1 fully saturated rings. The number of ether oxygens (including phenoxy) is 1. The number of aliphatic hydroxyl groups is 1. The number of nitrogens with zero attached hydrogens (tertiary/aromatic N) is 1. The lowest BCUT2D eigenvalue weighted by Crippen LogP contribution is -2.41. The van der Waals surface area contributed by atoms with Crippen LogP contribution in [0.25, 0.3) is 0 Å². The van der Waals surface area contributed by atoms with E-state index in [-0.39, 0.29) is 12.3 Å². The van der Waals surface area contributed by atoms with Crippen LogP contribution in [0.5, 0.6) is 0 Å². The summed E-state index contributed by atoms with van der Waals surface area (Å²) in [5, 5.41) is 13.1. The Bertz CT molecular complexity index is 448. The van der Waals surface area contributed by atoms with Gasteiger partial charge in [-0.1, -0.05) is 0 Å². The molecule has 1 aliphatic rings. The summed E-state index contributed by atoms with van der Waals surface area (Å²) in [6.07, 6.45) is 1.22. The molecule has 0 aromatic carbocycles. The molecule has 0 radical (unpaired) electrons. The molecule has 106 valence electrons. The van der Waals surface area contributed by atoms with E-state index in [0.29, 0.717) is 32.6 Å². The lowest BCUT2D eigenvalue weighted by atomic mass is 9.90. The van der Waals surface area contributed by atoms with E-state index < -0.39 is 5.60 Å². The van der Waals surface area contributed by atoms with Crippen molar-refractivity contribution in [3.8, 4) is 0 Å². The first-order valence-electron chi connectivity index (χ1n) is 6.68. The lowest BCUT2D eigenvalue weighted by molar-refractivity contribution is -0.131. The molecular formula is C14H22N2O3.